The van der Waals surface area contributed by atoms with E-state index in [0.29, 0.717) is 37.9 Å². The number of benzene rings is 2. The number of hydrogen-bond donors (Lipinski definition) is 2. The lowest BCUT2D eigenvalue weighted by molar-refractivity contribution is -0.274. The Kier molecular flexibility index (Phi) is 7.27. The normalized spacial score (nSPS) is 13.9. The summed E-state index contributed by atoms with van der Waals surface area (Å²) in [5.74, 6) is 2.98. The molecule has 0 spiro atoms. The van der Waals surface area contributed by atoms with Crippen LogP contribution in [-0.2, 0) is 4.74 Å². The minimum atomic E-state index is -4.76. The summed E-state index contributed by atoms with van der Waals surface area (Å²) >= 11 is 0. The molecule has 3 aromatic rings. The van der Waals surface area contributed by atoms with Crippen LogP contribution in [-0.4, -0.2) is 53.8 Å². The van der Waals surface area contributed by atoms with Crippen LogP contribution < -0.4 is 20.4 Å². The summed E-state index contributed by atoms with van der Waals surface area (Å²) in [5.41, 5.74) is 4.75. The number of rotatable bonds is 7. The Bertz CT molecular complexity index is 1220. The predicted molar refractivity (Wildman–Crippen MR) is 125 cm³/mol. The quantitative estimate of drug-likeness (QED) is 0.298. The fourth-order valence-corrected chi connectivity index (χ4v) is 3.12. The number of halogens is 3. The number of morpholine rings is 1. The molecular formula is C23H20F3N7O2. The molecule has 2 heterocycles. The number of aromatic nitrogens is 3. The van der Waals surface area contributed by atoms with E-state index in [1.807, 2.05) is 23.1 Å². The highest BCUT2D eigenvalue weighted by atomic mass is 19.4. The lowest BCUT2D eigenvalue weighted by atomic mass is 10.1. The van der Waals surface area contributed by atoms with Gasteiger partial charge in [-0.25, -0.2) is 5.43 Å². The van der Waals surface area contributed by atoms with Gasteiger partial charge in [0.05, 0.1) is 19.4 Å². The van der Waals surface area contributed by atoms with Gasteiger partial charge in [0.1, 0.15) is 5.75 Å². The minimum Gasteiger partial charge on any atom is -0.406 e. The van der Waals surface area contributed by atoms with Gasteiger partial charge in [-0.3, -0.25) is 0 Å². The molecule has 0 amide bonds. The Hall–Kier alpha value is -4.37. The van der Waals surface area contributed by atoms with Crippen molar-refractivity contribution < 1.29 is 22.6 Å². The Morgan fingerprint density at radius 3 is 2.51 bits per heavy atom. The van der Waals surface area contributed by atoms with Gasteiger partial charge in [0, 0.05) is 24.3 Å². The van der Waals surface area contributed by atoms with Crippen molar-refractivity contribution in [2.24, 2.45) is 5.10 Å². The molecule has 0 unspecified atom stereocenters. The van der Waals surface area contributed by atoms with E-state index in [2.05, 4.69) is 41.5 Å². The molecule has 0 saturated carbocycles. The van der Waals surface area contributed by atoms with Gasteiger partial charge in [-0.2, -0.15) is 20.1 Å². The second kappa shape index (κ2) is 10.7. The summed E-state index contributed by atoms with van der Waals surface area (Å²) in [7, 11) is 0. The summed E-state index contributed by atoms with van der Waals surface area (Å²) in [6, 6.07) is 12.5. The molecule has 4 rings (SSSR count). The molecule has 1 fully saturated rings. The lowest BCUT2D eigenvalue weighted by Gasteiger charge is -2.27. The third kappa shape index (κ3) is 7.05. The molecule has 0 atom stereocenters. The summed E-state index contributed by atoms with van der Waals surface area (Å²) in [6.45, 7) is 2.24. The zero-order valence-corrected chi connectivity index (χ0v) is 18.3. The molecule has 2 N–H and O–H groups in total. The zero-order valence-electron chi connectivity index (χ0n) is 18.3. The van der Waals surface area contributed by atoms with Crippen LogP contribution in [0.25, 0.3) is 0 Å². The molecule has 9 nitrogen and oxygen atoms in total. The Labute approximate surface area is 199 Å². The first-order valence-electron chi connectivity index (χ1n) is 10.5. The third-order valence-corrected chi connectivity index (χ3v) is 4.69. The van der Waals surface area contributed by atoms with Crippen molar-refractivity contribution in [2.45, 2.75) is 6.36 Å². The van der Waals surface area contributed by atoms with Crippen LogP contribution in [0.15, 0.2) is 53.6 Å². The van der Waals surface area contributed by atoms with E-state index in [-0.39, 0.29) is 17.6 Å². The number of alkyl halides is 3. The van der Waals surface area contributed by atoms with Crippen molar-refractivity contribution in [3.63, 3.8) is 0 Å². The van der Waals surface area contributed by atoms with Gasteiger partial charge in [-0.15, -0.1) is 19.6 Å². The Morgan fingerprint density at radius 2 is 1.80 bits per heavy atom. The van der Waals surface area contributed by atoms with Crippen molar-refractivity contribution >= 4 is 29.7 Å². The molecule has 0 bridgehead atoms. The average Bonchev–Trinajstić information content (AvgIpc) is 2.85. The molecule has 0 radical (unpaired) electrons. The van der Waals surface area contributed by atoms with Gasteiger partial charge in [-0.05, 0) is 42.0 Å². The molecule has 1 aliphatic rings. The summed E-state index contributed by atoms with van der Waals surface area (Å²) in [5, 5.41) is 7.14. The molecule has 0 aliphatic carbocycles. The van der Waals surface area contributed by atoms with Crippen molar-refractivity contribution in [3.05, 3.63) is 59.7 Å². The van der Waals surface area contributed by atoms with E-state index in [1.165, 1.54) is 24.3 Å². The van der Waals surface area contributed by atoms with Gasteiger partial charge in [-0.1, -0.05) is 18.1 Å². The topological polar surface area (TPSA) is 96.8 Å². The maximum Gasteiger partial charge on any atom is 0.573 e. The maximum absolute atomic E-state index is 12.4. The van der Waals surface area contributed by atoms with E-state index >= 15 is 0 Å². The van der Waals surface area contributed by atoms with Gasteiger partial charge < -0.3 is 19.7 Å². The average molecular weight is 483 g/mol. The monoisotopic (exact) mass is 483 g/mol. The van der Waals surface area contributed by atoms with E-state index in [4.69, 9.17) is 11.2 Å². The number of ether oxygens (including phenoxy) is 2. The molecule has 1 aliphatic heterocycles. The van der Waals surface area contributed by atoms with Crippen LogP contribution in [0, 0.1) is 12.3 Å². The van der Waals surface area contributed by atoms with Crippen LogP contribution in [0.2, 0.25) is 0 Å². The third-order valence-electron chi connectivity index (χ3n) is 4.69. The molecule has 180 valence electrons. The molecular weight excluding hydrogens is 463 g/mol. The smallest absolute Gasteiger partial charge is 0.406 e. The van der Waals surface area contributed by atoms with Gasteiger partial charge in [0.2, 0.25) is 17.8 Å². The SMILES string of the molecule is C#Cc1cccc(/C=N/Nc2nc(Nc3ccc(OC(F)(F)F)cc3)nc(N3CCOCC3)n2)c1. The van der Waals surface area contributed by atoms with Crippen LogP contribution in [0.4, 0.5) is 36.7 Å². The standard InChI is InChI=1S/C23H20F3N7O2/c1-2-16-4-3-5-17(14-16)15-27-32-21-29-20(30-22(31-21)33-10-12-34-13-11-33)28-18-6-8-19(9-7-18)35-23(24,25)26/h1,3-9,14-15H,10-13H2,(H2,28,29,30,31,32)/b27-15+. The van der Waals surface area contributed by atoms with Crippen molar-refractivity contribution in [2.75, 3.05) is 41.9 Å². The Morgan fingerprint density at radius 1 is 1.06 bits per heavy atom. The zero-order chi connectivity index (χ0) is 24.7. The van der Waals surface area contributed by atoms with Crippen LogP contribution >= 0.6 is 0 Å². The molecule has 35 heavy (non-hydrogen) atoms. The molecule has 1 saturated heterocycles. The fraction of sp³-hybridized carbons (Fsp3) is 0.217. The van der Waals surface area contributed by atoms with Crippen molar-refractivity contribution in [1.82, 2.24) is 15.0 Å². The number of nitrogens with one attached hydrogen (secondary N) is 2. The van der Waals surface area contributed by atoms with Crippen molar-refractivity contribution in [1.29, 1.82) is 0 Å². The maximum atomic E-state index is 12.4. The summed E-state index contributed by atoms with van der Waals surface area (Å²) in [6.07, 6.45) is 2.24. The van der Waals surface area contributed by atoms with Crippen molar-refractivity contribution in [3.8, 4) is 18.1 Å². The number of terminal acetylenes is 1. The van der Waals surface area contributed by atoms with Crippen LogP contribution in [0.1, 0.15) is 11.1 Å². The molecule has 12 heteroatoms. The first kappa shape index (κ1) is 23.8. The van der Waals surface area contributed by atoms with E-state index < -0.39 is 6.36 Å². The number of nitrogens with zero attached hydrogens (tertiary/aromatic N) is 5. The number of hydrogen-bond acceptors (Lipinski definition) is 9. The van der Waals surface area contributed by atoms with Crippen LogP contribution in [0.5, 0.6) is 5.75 Å². The largest absolute Gasteiger partial charge is 0.573 e. The molecule has 1 aromatic heterocycles. The highest BCUT2D eigenvalue weighted by Crippen LogP contribution is 2.25. The van der Waals surface area contributed by atoms with E-state index in [0.717, 1.165) is 11.1 Å². The Balaban J connectivity index is 1.53. The second-order valence-electron chi connectivity index (χ2n) is 7.22. The highest BCUT2D eigenvalue weighted by molar-refractivity contribution is 5.80. The molecule has 2 aromatic carbocycles. The number of hydrazone groups is 1. The lowest BCUT2D eigenvalue weighted by Crippen LogP contribution is -2.37. The van der Waals surface area contributed by atoms with Gasteiger partial charge in [0.15, 0.2) is 0 Å². The predicted octanol–water partition coefficient (Wildman–Crippen LogP) is 3.78. The van der Waals surface area contributed by atoms with Gasteiger partial charge in [0.25, 0.3) is 0 Å². The van der Waals surface area contributed by atoms with Gasteiger partial charge >= 0.3 is 6.36 Å². The summed E-state index contributed by atoms with van der Waals surface area (Å²) in [4.78, 5) is 15.1. The fourth-order valence-electron chi connectivity index (χ4n) is 3.12. The van der Waals surface area contributed by atoms with Crippen LogP contribution in [0.3, 0.4) is 0 Å². The number of anilines is 4. The highest BCUT2D eigenvalue weighted by Gasteiger charge is 2.31. The van der Waals surface area contributed by atoms with E-state index in [1.54, 1.807) is 12.3 Å². The summed E-state index contributed by atoms with van der Waals surface area (Å²) < 4.78 is 46.5. The second-order valence-corrected chi connectivity index (χ2v) is 7.22. The first-order chi connectivity index (χ1) is 16.9. The minimum absolute atomic E-state index is 0.172. The first-order valence-corrected chi connectivity index (χ1v) is 10.5. The van der Waals surface area contributed by atoms with E-state index in [9.17, 15) is 13.2 Å².